The van der Waals surface area contributed by atoms with Gasteiger partial charge in [0.1, 0.15) is 0 Å². The predicted octanol–water partition coefficient (Wildman–Crippen LogP) is 0.472. The summed E-state index contributed by atoms with van der Waals surface area (Å²) in [5, 5.41) is 8.46. The Labute approximate surface area is 115 Å². The van der Waals surface area contributed by atoms with Gasteiger partial charge in [0.05, 0.1) is 66.1 Å². The maximum atomic E-state index is 8.46. The maximum Gasteiger partial charge on any atom is 0.0701 e. The number of ether oxygens (including phenoxy) is 5. The molecule has 116 valence electrons. The zero-order chi connectivity index (χ0) is 14.0. The molecule has 0 atom stereocenters. The molecular weight excluding hydrogens is 252 g/mol. The Kier molecular flexibility index (Phi) is 17.5. The van der Waals surface area contributed by atoms with Gasteiger partial charge in [-0.05, 0) is 6.42 Å². The normalized spacial score (nSPS) is 11.1. The van der Waals surface area contributed by atoms with Gasteiger partial charge in [0.15, 0.2) is 0 Å². The van der Waals surface area contributed by atoms with Crippen LogP contribution >= 0.6 is 0 Å². The molecular formula is C13H28O6. The fourth-order valence-corrected chi connectivity index (χ4v) is 1.19. The molecule has 0 unspecified atom stereocenters. The molecule has 0 bridgehead atoms. The van der Waals surface area contributed by atoms with E-state index >= 15 is 0 Å². The van der Waals surface area contributed by atoms with E-state index in [-0.39, 0.29) is 6.61 Å². The van der Waals surface area contributed by atoms with Crippen LogP contribution in [0.2, 0.25) is 0 Å². The molecule has 1 N–H and O–H groups in total. The Balaban J connectivity index is 2.88. The summed E-state index contributed by atoms with van der Waals surface area (Å²) in [6.45, 7) is 7.80. The Hall–Kier alpha value is -0.240. The SMILES string of the molecule is CCCOCCOCCOCCOCCOCCO. The van der Waals surface area contributed by atoms with E-state index in [2.05, 4.69) is 6.92 Å². The molecule has 0 saturated carbocycles. The van der Waals surface area contributed by atoms with Crippen molar-refractivity contribution in [2.24, 2.45) is 0 Å². The number of rotatable bonds is 16. The summed E-state index contributed by atoms with van der Waals surface area (Å²) in [5.41, 5.74) is 0. The molecule has 0 radical (unpaired) electrons. The average molecular weight is 280 g/mol. The second-order valence-electron chi connectivity index (χ2n) is 3.79. The summed E-state index contributed by atoms with van der Waals surface area (Å²) in [4.78, 5) is 0. The van der Waals surface area contributed by atoms with E-state index < -0.39 is 0 Å². The molecule has 0 amide bonds. The molecule has 0 heterocycles. The molecule has 0 aliphatic carbocycles. The van der Waals surface area contributed by atoms with Crippen molar-refractivity contribution in [3.63, 3.8) is 0 Å². The third kappa shape index (κ3) is 17.8. The van der Waals surface area contributed by atoms with Crippen LogP contribution in [0, 0.1) is 0 Å². The quantitative estimate of drug-likeness (QED) is 0.415. The van der Waals surface area contributed by atoms with E-state index in [0.717, 1.165) is 13.0 Å². The molecule has 6 nitrogen and oxygen atoms in total. The molecule has 0 spiro atoms. The van der Waals surface area contributed by atoms with Crippen molar-refractivity contribution in [3.8, 4) is 0 Å². The van der Waals surface area contributed by atoms with E-state index in [9.17, 15) is 0 Å². The smallest absolute Gasteiger partial charge is 0.0701 e. The molecule has 19 heavy (non-hydrogen) atoms. The standard InChI is InChI=1S/C13H28O6/c1-2-4-15-6-8-17-10-12-19-13-11-18-9-7-16-5-3-14/h14H,2-13H2,1H3. The number of hydrogen-bond acceptors (Lipinski definition) is 6. The van der Waals surface area contributed by atoms with Crippen molar-refractivity contribution in [3.05, 3.63) is 0 Å². The Morgan fingerprint density at radius 3 is 1.16 bits per heavy atom. The molecule has 0 aromatic heterocycles. The summed E-state index contributed by atoms with van der Waals surface area (Å²) < 4.78 is 26.2. The highest BCUT2D eigenvalue weighted by Gasteiger charge is 1.92. The minimum absolute atomic E-state index is 0.0482. The van der Waals surface area contributed by atoms with Crippen LogP contribution in [0.4, 0.5) is 0 Å². The predicted molar refractivity (Wildman–Crippen MR) is 71.5 cm³/mol. The van der Waals surface area contributed by atoms with Crippen molar-refractivity contribution in [1.82, 2.24) is 0 Å². The summed E-state index contributed by atoms with van der Waals surface area (Å²) >= 11 is 0. The minimum atomic E-state index is 0.0482. The van der Waals surface area contributed by atoms with Gasteiger partial charge in [0, 0.05) is 6.61 Å². The molecule has 0 aliphatic heterocycles. The summed E-state index contributed by atoms with van der Waals surface area (Å²) in [6.07, 6.45) is 1.04. The number of aliphatic hydroxyl groups excluding tert-OH is 1. The van der Waals surface area contributed by atoms with Gasteiger partial charge in [-0.15, -0.1) is 0 Å². The monoisotopic (exact) mass is 280 g/mol. The molecule has 0 aliphatic rings. The van der Waals surface area contributed by atoms with Crippen LogP contribution in [0.3, 0.4) is 0 Å². The number of aliphatic hydroxyl groups is 1. The topological polar surface area (TPSA) is 66.4 Å². The van der Waals surface area contributed by atoms with Crippen LogP contribution in [-0.2, 0) is 23.7 Å². The van der Waals surface area contributed by atoms with Crippen molar-refractivity contribution < 1.29 is 28.8 Å². The van der Waals surface area contributed by atoms with Crippen molar-refractivity contribution >= 4 is 0 Å². The van der Waals surface area contributed by atoms with Gasteiger partial charge < -0.3 is 28.8 Å². The van der Waals surface area contributed by atoms with Gasteiger partial charge in [-0.1, -0.05) is 6.92 Å². The molecule has 0 fully saturated rings. The second-order valence-corrected chi connectivity index (χ2v) is 3.79. The van der Waals surface area contributed by atoms with E-state index in [0.29, 0.717) is 59.5 Å². The summed E-state index contributed by atoms with van der Waals surface area (Å²) in [7, 11) is 0. The molecule has 0 aromatic carbocycles. The minimum Gasteiger partial charge on any atom is -0.394 e. The fourth-order valence-electron chi connectivity index (χ4n) is 1.19. The van der Waals surface area contributed by atoms with Crippen LogP contribution in [0.15, 0.2) is 0 Å². The highest BCUT2D eigenvalue weighted by Crippen LogP contribution is 1.84. The van der Waals surface area contributed by atoms with Gasteiger partial charge in [0.2, 0.25) is 0 Å². The Morgan fingerprint density at radius 1 is 0.526 bits per heavy atom. The van der Waals surface area contributed by atoms with Crippen molar-refractivity contribution in [2.45, 2.75) is 13.3 Å². The molecule has 6 heteroatoms. The third-order valence-corrected chi connectivity index (χ3v) is 2.07. The van der Waals surface area contributed by atoms with Crippen LogP contribution < -0.4 is 0 Å². The lowest BCUT2D eigenvalue weighted by molar-refractivity contribution is -0.0132. The van der Waals surface area contributed by atoms with Gasteiger partial charge in [-0.2, -0.15) is 0 Å². The van der Waals surface area contributed by atoms with Crippen LogP contribution in [0.5, 0.6) is 0 Å². The Morgan fingerprint density at radius 2 is 0.842 bits per heavy atom. The van der Waals surface area contributed by atoms with Crippen LogP contribution in [0.25, 0.3) is 0 Å². The van der Waals surface area contributed by atoms with Crippen LogP contribution in [-0.4, -0.2) is 77.8 Å². The number of hydrogen-bond donors (Lipinski definition) is 1. The summed E-state index contributed by atoms with van der Waals surface area (Å²) in [5.74, 6) is 0. The maximum absolute atomic E-state index is 8.46. The van der Waals surface area contributed by atoms with Crippen LogP contribution in [0.1, 0.15) is 13.3 Å². The molecule has 0 aromatic rings. The average Bonchev–Trinajstić information content (AvgIpc) is 2.43. The summed E-state index contributed by atoms with van der Waals surface area (Å²) in [6, 6.07) is 0. The first-order valence-electron chi connectivity index (χ1n) is 6.91. The lowest BCUT2D eigenvalue weighted by atomic mass is 10.5. The van der Waals surface area contributed by atoms with Gasteiger partial charge >= 0.3 is 0 Å². The van der Waals surface area contributed by atoms with E-state index in [1.165, 1.54) is 0 Å². The van der Waals surface area contributed by atoms with Gasteiger partial charge in [-0.25, -0.2) is 0 Å². The van der Waals surface area contributed by atoms with Crippen molar-refractivity contribution in [2.75, 3.05) is 72.7 Å². The molecule has 0 saturated heterocycles. The lowest BCUT2D eigenvalue weighted by Gasteiger charge is -2.07. The second kappa shape index (κ2) is 17.8. The lowest BCUT2D eigenvalue weighted by Crippen LogP contribution is -2.13. The zero-order valence-corrected chi connectivity index (χ0v) is 12.0. The van der Waals surface area contributed by atoms with E-state index in [1.54, 1.807) is 0 Å². The third-order valence-electron chi connectivity index (χ3n) is 2.07. The van der Waals surface area contributed by atoms with Crippen molar-refractivity contribution in [1.29, 1.82) is 0 Å². The highest BCUT2D eigenvalue weighted by molar-refractivity contribution is 4.35. The van der Waals surface area contributed by atoms with E-state index in [4.69, 9.17) is 28.8 Å². The van der Waals surface area contributed by atoms with Gasteiger partial charge in [0.25, 0.3) is 0 Å². The first-order chi connectivity index (χ1) is 9.41. The first kappa shape index (κ1) is 18.8. The highest BCUT2D eigenvalue weighted by atomic mass is 16.6. The largest absolute Gasteiger partial charge is 0.394 e. The fraction of sp³-hybridized carbons (Fsp3) is 1.00. The first-order valence-corrected chi connectivity index (χ1v) is 6.91. The van der Waals surface area contributed by atoms with Gasteiger partial charge in [-0.3, -0.25) is 0 Å². The van der Waals surface area contributed by atoms with E-state index in [1.807, 2.05) is 0 Å². The molecule has 0 rings (SSSR count). The zero-order valence-electron chi connectivity index (χ0n) is 12.0. The Bertz CT molecular complexity index is 140.